The fraction of sp³-hybridized carbons (Fsp3) is 0.348. The Morgan fingerprint density at radius 3 is 2.57 bits per heavy atom. The topological polar surface area (TPSA) is 77.5 Å². The van der Waals surface area contributed by atoms with E-state index in [0.717, 1.165) is 35.2 Å². The van der Waals surface area contributed by atoms with Crippen molar-refractivity contribution >= 4 is 29.0 Å². The molecule has 0 saturated carbocycles. The lowest BCUT2D eigenvalue weighted by Gasteiger charge is -2.08. The number of hydrogen-bond acceptors (Lipinski definition) is 6. The lowest BCUT2D eigenvalue weighted by molar-refractivity contribution is -0.115. The second-order valence-electron chi connectivity index (χ2n) is 6.90. The number of carbonyl (C=O) groups is 2. The Morgan fingerprint density at radius 1 is 1.00 bits per heavy atom. The molecule has 0 aliphatic carbocycles. The molecule has 0 spiro atoms. The third-order valence-electron chi connectivity index (χ3n) is 4.48. The standard InChI is InChI=1S/C23H26N2O4S/c1-2-3-4-5-14-29-21-8-6-7-18(24-21)13-15-28-19-11-9-17(10-12-19)16-20-22(26)25-23(27)30-20/h6-12,16H,2-5,13-15H2,1H3,(H,25,26,27). The molecule has 1 aromatic heterocycles. The molecule has 0 unspecified atom stereocenters. The van der Waals surface area contributed by atoms with Gasteiger partial charge in [0.05, 0.1) is 18.1 Å². The van der Waals surface area contributed by atoms with Crippen LogP contribution >= 0.6 is 11.8 Å². The van der Waals surface area contributed by atoms with Crippen molar-refractivity contribution in [2.24, 2.45) is 0 Å². The molecule has 3 rings (SSSR count). The van der Waals surface area contributed by atoms with Gasteiger partial charge in [0, 0.05) is 18.2 Å². The highest BCUT2D eigenvalue weighted by molar-refractivity contribution is 8.18. The first-order chi connectivity index (χ1) is 14.6. The van der Waals surface area contributed by atoms with Gasteiger partial charge in [0.15, 0.2) is 0 Å². The maximum absolute atomic E-state index is 11.6. The van der Waals surface area contributed by atoms with Crippen molar-refractivity contribution < 1.29 is 19.1 Å². The highest BCUT2D eigenvalue weighted by Gasteiger charge is 2.24. The monoisotopic (exact) mass is 426 g/mol. The van der Waals surface area contributed by atoms with Crippen LogP contribution in [0.4, 0.5) is 4.79 Å². The number of hydrogen-bond donors (Lipinski definition) is 1. The van der Waals surface area contributed by atoms with Crippen LogP contribution in [0, 0.1) is 0 Å². The van der Waals surface area contributed by atoms with Gasteiger partial charge in [-0.3, -0.25) is 14.9 Å². The zero-order chi connectivity index (χ0) is 21.2. The number of unbranched alkanes of at least 4 members (excludes halogenated alkanes) is 3. The maximum atomic E-state index is 11.6. The summed E-state index contributed by atoms with van der Waals surface area (Å²) in [4.78, 5) is 27.7. The first-order valence-corrected chi connectivity index (χ1v) is 11.0. The predicted molar refractivity (Wildman–Crippen MR) is 119 cm³/mol. The molecule has 0 atom stereocenters. The Morgan fingerprint density at radius 2 is 1.83 bits per heavy atom. The molecule has 30 heavy (non-hydrogen) atoms. The average molecular weight is 427 g/mol. The van der Waals surface area contributed by atoms with Gasteiger partial charge >= 0.3 is 0 Å². The number of nitrogens with one attached hydrogen (secondary N) is 1. The van der Waals surface area contributed by atoms with Gasteiger partial charge in [0.25, 0.3) is 11.1 Å². The molecule has 1 aromatic carbocycles. The van der Waals surface area contributed by atoms with Crippen molar-refractivity contribution in [1.82, 2.24) is 10.3 Å². The van der Waals surface area contributed by atoms with E-state index < -0.39 is 0 Å². The Labute approximate surface area is 181 Å². The summed E-state index contributed by atoms with van der Waals surface area (Å²) >= 11 is 0.906. The van der Waals surface area contributed by atoms with E-state index in [-0.39, 0.29) is 11.1 Å². The van der Waals surface area contributed by atoms with Crippen LogP contribution < -0.4 is 14.8 Å². The minimum absolute atomic E-state index is 0.342. The Hall–Kier alpha value is -2.80. The molecule has 1 N–H and O–H groups in total. The Balaban J connectivity index is 1.44. The summed E-state index contributed by atoms with van der Waals surface area (Å²) in [5, 5.41) is 1.90. The summed E-state index contributed by atoms with van der Waals surface area (Å²) in [7, 11) is 0. The summed E-state index contributed by atoms with van der Waals surface area (Å²) in [6.45, 7) is 3.39. The predicted octanol–water partition coefficient (Wildman–Crippen LogP) is 4.99. The lowest BCUT2D eigenvalue weighted by Crippen LogP contribution is -2.17. The number of imide groups is 1. The molecule has 1 fully saturated rings. The smallest absolute Gasteiger partial charge is 0.290 e. The average Bonchev–Trinajstić information content (AvgIpc) is 3.06. The van der Waals surface area contributed by atoms with Crippen molar-refractivity contribution in [2.45, 2.75) is 39.0 Å². The van der Waals surface area contributed by atoms with Gasteiger partial charge in [0.1, 0.15) is 5.75 Å². The number of aromatic nitrogens is 1. The van der Waals surface area contributed by atoms with Gasteiger partial charge < -0.3 is 9.47 Å². The van der Waals surface area contributed by atoms with Crippen LogP contribution in [0.1, 0.15) is 43.9 Å². The molecule has 2 amide bonds. The van der Waals surface area contributed by atoms with E-state index in [9.17, 15) is 9.59 Å². The van der Waals surface area contributed by atoms with Gasteiger partial charge in [-0.15, -0.1) is 0 Å². The van der Waals surface area contributed by atoms with Gasteiger partial charge in [0.2, 0.25) is 5.88 Å². The van der Waals surface area contributed by atoms with Crippen molar-refractivity contribution in [1.29, 1.82) is 0 Å². The number of nitrogens with zero attached hydrogens (tertiary/aromatic N) is 1. The number of amides is 2. The molecule has 0 radical (unpaired) electrons. The minimum atomic E-state index is -0.356. The second-order valence-corrected chi connectivity index (χ2v) is 7.91. The Kier molecular flexibility index (Phi) is 8.32. The van der Waals surface area contributed by atoms with Crippen LogP contribution in [0.5, 0.6) is 11.6 Å². The highest BCUT2D eigenvalue weighted by atomic mass is 32.2. The molecule has 158 valence electrons. The molecule has 0 bridgehead atoms. The van der Waals surface area contributed by atoms with Crippen molar-refractivity contribution in [2.75, 3.05) is 13.2 Å². The van der Waals surface area contributed by atoms with E-state index in [1.165, 1.54) is 19.3 Å². The number of ether oxygens (including phenoxy) is 2. The second kappa shape index (κ2) is 11.4. The fourth-order valence-corrected chi connectivity index (χ4v) is 3.57. The molecule has 1 aliphatic rings. The first kappa shape index (κ1) is 21.9. The van der Waals surface area contributed by atoms with Crippen LogP contribution in [0.3, 0.4) is 0 Å². The van der Waals surface area contributed by atoms with E-state index in [0.29, 0.717) is 30.4 Å². The molecule has 1 saturated heterocycles. The number of carbonyl (C=O) groups excluding carboxylic acids is 2. The van der Waals surface area contributed by atoms with E-state index >= 15 is 0 Å². The van der Waals surface area contributed by atoms with E-state index in [2.05, 4.69) is 17.2 Å². The Bertz CT molecular complexity index is 896. The minimum Gasteiger partial charge on any atom is -0.493 e. The molecule has 6 nitrogen and oxygen atoms in total. The molecule has 2 aromatic rings. The zero-order valence-electron chi connectivity index (χ0n) is 17.1. The third kappa shape index (κ3) is 6.91. The van der Waals surface area contributed by atoms with Crippen LogP contribution in [-0.2, 0) is 11.2 Å². The van der Waals surface area contributed by atoms with Crippen molar-refractivity contribution in [3.05, 3.63) is 58.6 Å². The number of pyridine rings is 1. The summed E-state index contributed by atoms with van der Waals surface area (Å²) in [5.41, 5.74) is 1.76. The maximum Gasteiger partial charge on any atom is 0.290 e. The summed E-state index contributed by atoms with van der Waals surface area (Å²) in [6.07, 6.45) is 7.05. The fourth-order valence-electron chi connectivity index (χ4n) is 2.89. The van der Waals surface area contributed by atoms with Gasteiger partial charge in [-0.2, -0.15) is 0 Å². The third-order valence-corrected chi connectivity index (χ3v) is 5.29. The van der Waals surface area contributed by atoms with Crippen molar-refractivity contribution in [3.8, 4) is 11.6 Å². The van der Waals surface area contributed by atoms with Gasteiger partial charge in [-0.05, 0) is 48.0 Å². The van der Waals surface area contributed by atoms with Crippen LogP contribution in [-0.4, -0.2) is 29.3 Å². The van der Waals surface area contributed by atoms with Crippen molar-refractivity contribution in [3.63, 3.8) is 0 Å². The normalized spacial score (nSPS) is 14.8. The van der Waals surface area contributed by atoms with Gasteiger partial charge in [-0.1, -0.05) is 44.4 Å². The van der Waals surface area contributed by atoms with E-state index in [4.69, 9.17) is 9.47 Å². The largest absolute Gasteiger partial charge is 0.493 e. The van der Waals surface area contributed by atoms with Crippen LogP contribution in [0.2, 0.25) is 0 Å². The zero-order valence-corrected chi connectivity index (χ0v) is 17.9. The van der Waals surface area contributed by atoms with E-state index in [1.807, 2.05) is 42.5 Å². The molecule has 2 heterocycles. The quantitative estimate of drug-likeness (QED) is 0.403. The van der Waals surface area contributed by atoms with E-state index in [1.54, 1.807) is 6.08 Å². The van der Waals surface area contributed by atoms with Crippen LogP contribution in [0.15, 0.2) is 47.4 Å². The number of thioether (sulfide) groups is 1. The summed E-state index contributed by atoms with van der Waals surface area (Å²) < 4.78 is 11.5. The van der Waals surface area contributed by atoms with Gasteiger partial charge in [-0.25, -0.2) is 4.98 Å². The molecular formula is C23H26N2O4S. The summed E-state index contributed by atoms with van der Waals surface area (Å²) in [6, 6.07) is 13.2. The molecule has 1 aliphatic heterocycles. The summed E-state index contributed by atoms with van der Waals surface area (Å²) in [5.74, 6) is 1.04. The first-order valence-electron chi connectivity index (χ1n) is 10.2. The molecule has 7 heteroatoms. The highest BCUT2D eigenvalue weighted by Crippen LogP contribution is 2.26. The SMILES string of the molecule is CCCCCCOc1cccc(CCOc2ccc(C=C3SC(=O)NC3=O)cc2)n1. The van der Waals surface area contributed by atoms with Crippen LogP contribution in [0.25, 0.3) is 6.08 Å². The lowest BCUT2D eigenvalue weighted by atomic mass is 10.2. The number of rotatable bonds is 11. The molecular weight excluding hydrogens is 400 g/mol. The number of benzene rings is 1.